The maximum absolute atomic E-state index is 11.9. The second-order valence-corrected chi connectivity index (χ2v) is 5.23. The highest BCUT2D eigenvalue weighted by atomic mass is 35.5. The Kier molecular flexibility index (Phi) is 4.59. The SMILES string of the molecule is CCOC(=O)[C@H]1C[C@@H]1C(=O)CCc1ccc(Cl)cc1. The van der Waals surface area contributed by atoms with E-state index in [-0.39, 0.29) is 23.6 Å². The van der Waals surface area contributed by atoms with E-state index in [1.165, 1.54) is 0 Å². The van der Waals surface area contributed by atoms with Gasteiger partial charge in [-0.2, -0.15) is 0 Å². The lowest BCUT2D eigenvalue weighted by molar-refractivity contribution is -0.145. The first kappa shape index (κ1) is 14.1. The first-order valence-corrected chi connectivity index (χ1v) is 6.93. The topological polar surface area (TPSA) is 43.4 Å². The quantitative estimate of drug-likeness (QED) is 0.752. The van der Waals surface area contributed by atoms with E-state index in [2.05, 4.69) is 0 Å². The van der Waals surface area contributed by atoms with E-state index in [0.717, 1.165) is 5.56 Å². The zero-order chi connectivity index (χ0) is 13.8. The van der Waals surface area contributed by atoms with Gasteiger partial charge >= 0.3 is 5.97 Å². The van der Waals surface area contributed by atoms with E-state index < -0.39 is 0 Å². The molecular formula is C15H17ClO3. The number of halogens is 1. The minimum absolute atomic E-state index is 0.119. The van der Waals surface area contributed by atoms with Crippen molar-refractivity contribution in [1.29, 1.82) is 0 Å². The number of Topliss-reactive ketones (excluding diaryl/α,β-unsaturated/α-hetero) is 1. The molecule has 1 aromatic carbocycles. The highest BCUT2D eigenvalue weighted by Gasteiger charge is 2.48. The maximum Gasteiger partial charge on any atom is 0.309 e. The predicted octanol–water partition coefficient (Wildman–Crippen LogP) is 3.04. The van der Waals surface area contributed by atoms with Crippen LogP contribution in [-0.2, 0) is 20.7 Å². The summed E-state index contributed by atoms with van der Waals surface area (Å²) < 4.78 is 4.92. The zero-order valence-corrected chi connectivity index (χ0v) is 11.7. The Morgan fingerprint density at radius 2 is 1.95 bits per heavy atom. The summed E-state index contributed by atoms with van der Waals surface area (Å²) in [6.45, 7) is 2.15. The molecule has 1 fully saturated rings. The molecule has 1 saturated carbocycles. The van der Waals surface area contributed by atoms with Gasteiger partial charge in [0.25, 0.3) is 0 Å². The van der Waals surface area contributed by atoms with E-state index in [4.69, 9.17) is 16.3 Å². The van der Waals surface area contributed by atoms with Gasteiger partial charge in [-0.05, 0) is 37.5 Å². The normalized spacial score (nSPS) is 20.9. The number of aryl methyl sites for hydroxylation is 1. The number of carbonyl (C=O) groups is 2. The number of esters is 1. The smallest absolute Gasteiger partial charge is 0.309 e. The summed E-state index contributed by atoms with van der Waals surface area (Å²) in [6, 6.07) is 7.48. The first-order chi connectivity index (χ1) is 9.11. The fourth-order valence-corrected chi connectivity index (χ4v) is 2.29. The molecule has 2 rings (SSSR count). The van der Waals surface area contributed by atoms with Gasteiger partial charge in [-0.1, -0.05) is 23.7 Å². The van der Waals surface area contributed by atoms with Gasteiger partial charge in [0, 0.05) is 17.4 Å². The van der Waals surface area contributed by atoms with Crippen LogP contribution in [0.4, 0.5) is 0 Å². The number of rotatable bonds is 6. The van der Waals surface area contributed by atoms with Gasteiger partial charge in [-0.25, -0.2) is 0 Å². The van der Waals surface area contributed by atoms with Crippen LogP contribution in [0.5, 0.6) is 0 Å². The van der Waals surface area contributed by atoms with Crippen LogP contribution in [0.15, 0.2) is 24.3 Å². The van der Waals surface area contributed by atoms with Gasteiger partial charge in [-0.15, -0.1) is 0 Å². The molecule has 0 radical (unpaired) electrons. The Labute approximate surface area is 117 Å². The van der Waals surface area contributed by atoms with Crippen LogP contribution >= 0.6 is 11.6 Å². The largest absolute Gasteiger partial charge is 0.466 e. The minimum atomic E-state index is -0.229. The lowest BCUT2D eigenvalue weighted by Crippen LogP contribution is -2.12. The summed E-state index contributed by atoms with van der Waals surface area (Å²) in [4.78, 5) is 23.4. The molecule has 0 spiro atoms. The van der Waals surface area contributed by atoms with Crippen LogP contribution in [0.2, 0.25) is 5.02 Å². The Bertz CT molecular complexity index is 467. The van der Waals surface area contributed by atoms with Gasteiger partial charge in [-0.3, -0.25) is 9.59 Å². The van der Waals surface area contributed by atoms with Gasteiger partial charge in [0.15, 0.2) is 0 Å². The second-order valence-electron chi connectivity index (χ2n) is 4.79. The van der Waals surface area contributed by atoms with E-state index in [1.54, 1.807) is 6.92 Å². The van der Waals surface area contributed by atoms with Crippen molar-refractivity contribution in [3.63, 3.8) is 0 Å². The zero-order valence-electron chi connectivity index (χ0n) is 10.9. The average Bonchev–Trinajstić information content (AvgIpc) is 3.18. The molecule has 0 unspecified atom stereocenters. The Morgan fingerprint density at radius 1 is 1.26 bits per heavy atom. The number of hydrogen-bond acceptors (Lipinski definition) is 3. The fraction of sp³-hybridized carbons (Fsp3) is 0.467. The van der Waals surface area contributed by atoms with Crippen LogP contribution in [0, 0.1) is 11.8 Å². The molecule has 0 amide bonds. The van der Waals surface area contributed by atoms with Crippen molar-refractivity contribution in [3.05, 3.63) is 34.9 Å². The number of ether oxygens (including phenoxy) is 1. The van der Waals surface area contributed by atoms with Crippen molar-refractivity contribution >= 4 is 23.4 Å². The van der Waals surface area contributed by atoms with E-state index >= 15 is 0 Å². The Morgan fingerprint density at radius 3 is 2.58 bits per heavy atom. The summed E-state index contributed by atoms with van der Waals surface area (Å²) in [7, 11) is 0. The number of benzene rings is 1. The van der Waals surface area contributed by atoms with Gasteiger partial charge in [0.05, 0.1) is 12.5 Å². The molecule has 0 aliphatic heterocycles. The van der Waals surface area contributed by atoms with Crippen molar-refractivity contribution in [2.45, 2.75) is 26.2 Å². The van der Waals surface area contributed by atoms with Crippen LogP contribution in [-0.4, -0.2) is 18.4 Å². The molecule has 19 heavy (non-hydrogen) atoms. The molecule has 0 aromatic heterocycles. The predicted molar refractivity (Wildman–Crippen MR) is 73.0 cm³/mol. The van der Waals surface area contributed by atoms with Gasteiger partial charge in [0.2, 0.25) is 0 Å². The Hall–Kier alpha value is -1.35. The van der Waals surface area contributed by atoms with Crippen molar-refractivity contribution in [2.24, 2.45) is 11.8 Å². The molecular weight excluding hydrogens is 264 g/mol. The number of carbonyl (C=O) groups excluding carboxylic acids is 2. The lowest BCUT2D eigenvalue weighted by atomic mass is 10.0. The third-order valence-electron chi connectivity index (χ3n) is 3.37. The highest BCUT2D eigenvalue weighted by Crippen LogP contribution is 2.41. The number of hydrogen-bond donors (Lipinski definition) is 0. The number of ketones is 1. The minimum Gasteiger partial charge on any atom is -0.466 e. The standard InChI is InChI=1S/C15H17ClO3/c1-2-19-15(18)13-9-12(13)14(17)8-5-10-3-6-11(16)7-4-10/h3-4,6-7,12-13H,2,5,8-9H2,1H3/t12-,13-/m0/s1. The molecule has 2 atom stereocenters. The van der Waals surface area contributed by atoms with Crippen LogP contribution in [0.25, 0.3) is 0 Å². The van der Waals surface area contributed by atoms with E-state index in [1.807, 2.05) is 24.3 Å². The molecule has 3 nitrogen and oxygen atoms in total. The second kappa shape index (κ2) is 6.20. The van der Waals surface area contributed by atoms with E-state index in [0.29, 0.717) is 30.9 Å². The highest BCUT2D eigenvalue weighted by molar-refractivity contribution is 6.30. The van der Waals surface area contributed by atoms with Crippen molar-refractivity contribution in [3.8, 4) is 0 Å². The molecule has 4 heteroatoms. The average molecular weight is 281 g/mol. The molecule has 0 saturated heterocycles. The fourth-order valence-electron chi connectivity index (χ4n) is 2.16. The molecule has 1 aliphatic carbocycles. The third-order valence-corrected chi connectivity index (χ3v) is 3.62. The van der Waals surface area contributed by atoms with Gasteiger partial charge < -0.3 is 4.74 Å². The van der Waals surface area contributed by atoms with Crippen LogP contribution in [0.1, 0.15) is 25.3 Å². The third kappa shape index (κ3) is 3.80. The molecule has 0 heterocycles. The molecule has 102 valence electrons. The Balaban J connectivity index is 1.77. The van der Waals surface area contributed by atoms with Crippen molar-refractivity contribution in [2.75, 3.05) is 6.61 Å². The lowest BCUT2D eigenvalue weighted by Gasteiger charge is -2.02. The van der Waals surface area contributed by atoms with Crippen LogP contribution < -0.4 is 0 Å². The maximum atomic E-state index is 11.9. The molecule has 0 bridgehead atoms. The summed E-state index contributed by atoms with van der Waals surface area (Å²) in [5.41, 5.74) is 1.09. The summed E-state index contributed by atoms with van der Waals surface area (Å²) in [6.07, 6.45) is 1.82. The van der Waals surface area contributed by atoms with Gasteiger partial charge in [0.1, 0.15) is 5.78 Å². The first-order valence-electron chi connectivity index (χ1n) is 6.55. The van der Waals surface area contributed by atoms with Crippen molar-refractivity contribution < 1.29 is 14.3 Å². The molecule has 1 aliphatic rings. The van der Waals surface area contributed by atoms with Crippen molar-refractivity contribution in [1.82, 2.24) is 0 Å². The summed E-state index contributed by atoms with van der Waals surface area (Å²) in [5, 5.41) is 0.694. The monoisotopic (exact) mass is 280 g/mol. The van der Waals surface area contributed by atoms with E-state index in [9.17, 15) is 9.59 Å². The summed E-state index contributed by atoms with van der Waals surface area (Å²) in [5.74, 6) is -0.385. The summed E-state index contributed by atoms with van der Waals surface area (Å²) >= 11 is 5.80. The molecule has 0 N–H and O–H groups in total. The molecule has 1 aromatic rings. The van der Waals surface area contributed by atoms with Crippen LogP contribution in [0.3, 0.4) is 0 Å².